The first-order chi connectivity index (χ1) is 12.6. The Bertz CT molecular complexity index is 633. The summed E-state index contributed by atoms with van der Waals surface area (Å²) in [6, 6.07) is 11.3. The molecule has 0 nitrogen and oxygen atoms in total. The maximum atomic E-state index is 2.73. The molecule has 5 rings (SSSR count). The van der Waals surface area contributed by atoms with E-state index in [1.807, 2.05) is 0 Å². The third-order valence-corrected chi connectivity index (χ3v) is 9.92. The SMILES string of the molecule is C[C@@]12CCC[C@@H]1[C@@H]1CC[C@H]3C[C@@H](Cc4ccccc4)CC[C@]3(C)[C@H]1CC2. The summed E-state index contributed by atoms with van der Waals surface area (Å²) < 4.78 is 0. The molecule has 7 atom stereocenters. The molecule has 0 aromatic heterocycles. The van der Waals surface area contributed by atoms with Gasteiger partial charge in [0.1, 0.15) is 0 Å². The normalized spacial score (nSPS) is 47.7. The van der Waals surface area contributed by atoms with Crippen molar-refractivity contribution in [2.24, 2.45) is 40.4 Å². The van der Waals surface area contributed by atoms with Crippen molar-refractivity contribution < 1.29 is 0 Å². The minimum atomic E-state index is 0.667. The fraction of sp³-hybridized carbons (Fsp3) is 0.769. The van der Waals surface area contributed by atoms with E-state index in [1.165, 1.54) is 51.4 Å². The first-order valence-electron chi connectivity index (χ1n) is 11.6. The van der Waals surface area contributed by atoms with Gasteiger partial charge in [-0.3, -0.25) is 0 Å². The highest BCUT2D eigenvalue weighted by Gasteiger charge is 2.57. The van der Waals surface area contributed by atoms with Crippen LogP contribution in [-0.4, -0.2) is 0 Å². The molecular weight excluding hydrogens is 312 g/mol. The first kappa shape index (κ1) is 17.3. The molecule has 0 saturated heterocycles. The van der Waals surface area contributed by atoms with E-state index >= 15 is 0 Å². The fourth-order valence-electron chi connectivity index (χ4n) is 8.47. The van der Waals surface area contributed by atoms with Crippen LogP contribution in [0, 0.1) is 40.4 Å². The van der Waals surface area contributed by atoms with Gasteiger partial charge in [-0.2, -0.15) is 0 Å². The zero-order chi connectivity index (χ0) is 17.8. The van der Waals surface area contributed by atoms with Crippen molar-refractivity contribution in [2.75, 3.05) is 0 Å². The van der Waals surface area contributed by atoms with E-state index in [4.69, 9.17) is 0 Å². The molecule has 0 bridgehead atoms. The van der Waals surface area contributed by atoms with E-state index in [1.54, 1.807) is 24.8 Å². The molecule has 4 saturated carbocycles. The highest BCUT2D eigenvalue weighted by molar-refractivity contribution is 5.16. The molecule has 4 aliphatic carbocycles. The highest BCUT2D eigenvalue weighted by atomic mass is 14.6. The van der Waals surface area contributed by atoms with Gasteiger partial charge in [0.15, 0.2) is 0 Å². The molecule has 0 heteroatoms. The quantitative estimate of drug-likeness (QED) is 0.526. The van der Waals surface area contributed by atoms with Gasteiger partial charge in [-0.05, 0) is 110 Å². The molecule has 26 heavy (non-hydrogen) atoms. The Balaban J connectivity index is 1.31. The maximum Gasteiger partial charge on any atom is -0.0250 e. The van der Waals surface area contributed by atoms with Crippen molar-refractivity contribution in [3.05, 3.63) is 35.9 Å². The summed E-state index contributed by atoms with van der Waals surface area (Å²) >= 11 is 0. The average molecular weight is 351 g/mol. The molecule has 1 aromatic rings. The van der Waals surface area contributed by atoms with Crippen LogP contribution in [0.4, 0.5) is 0 Å². The van der Waals surface area contributed by atoms with Gasteiger partial charge in [-0.15, -0.1) is 0 Å². The number of rotatable bonds is 2. The lowest BCUT2D eigenvalue weighted by Gasteiger charge is -2.60. The summed E-state index contributed by atoms with van der Waals surface area (Å²) in [5.41, 5.74) is 2.95. The summed E-state index contributed by atoms with van der Waals surface area (Å²) in [7, 11) is 0. The van der Waals surface area contributed by atoms with Gasteiger partial charge in [0.2, 0.25) is 0 Å². The van der Waals surface area contributed by atoms with E-state index < -0.39 is 0 Å². The number of fused-ring (bicyclic) bond motifs is 5. The van der Waals surface area contributed by atoms with Gasteiger partial charge in [0.05, 0.1) is 0 Å². The Morgan fingerprint density at radius 3 is 2.54 bits per heavy atom. The fourth-order valence-corrected chi connectivity index (χ4v) is 8.47. The number of benzene rings is 1. The molecule has 0 heterocycles. The second kappa shape index (κ2) is 6.39. The molecule has 142 valence electrons. The van der Waals surface area contributed by atoms with Gasteiger partial charge >= 0.3 is 0 Å². The third kappa shape index (κ3) is 2.70. The van der Waals surface area contributed by atoms with Crippen LogP contribution in [0.1, 0.15) is 83.6 Å². The molecule has 0 aliphatic heterocycles. The molecule has 4 fully saturated rings. The van der Waals surface area contributed by atoms with Crippen molar-refractivity contribution >= 4 is 0 Å². The predicted octanol–water partition coefficient (Wildman–Crippen LogP) is 7.28. The lowest BCUT2D eigenvalue weighted by atomic mass is 9.44. The molecule has 4 aliphatic rings. The van der Waals surface area contributed by atoms with Crippen LogP contribution in [0.15, 0.2) is 30.3 Å². The van der Waals surface area contributed by atoms with Crippen LogP contribution in [0.5, 0.6) is 0 Å². The second-order valence-corrected chi connectivity index (χ2v) is 11.1. The lowest BCUT2D eigenvalue weighted by Crippen LogP contribution is -2.52. The topological polar surface area (TPSA) is 0 Å². The molecular formula is C26H38. The van der Waals surface area contributed by atoms with Gasteiger partial charge < -0.3 is 0 Å². The van der Waals surface area contributed by atoms with Crippen molar-refractivity contribution in [1.82, 2.24) is 0 Å². The zero-order valence-corrected chi connectivity index (χ0v) is 17.1. The highest BCUT2D eigenvalue weighted by Crippen LogP contribution is 2.66. The number of hydrogen-bond donors (Lipinski definition) is 0. The zero-order valence-electron chi connectivity index (χ0n) is 17.1. The monoisotopic (exact) mass is 350 g/mol. The minimum absolute atomic E-state index is 0.667. The largest absolute Gasteiger partial charge is 0.0622 e. The predicted molar refractivity (Wildman–Crippen MR) is 110 cm³/mol. The van der Waals surface area contributed by atoms with E-state index in [-0.39, 0.29) is 0 Å². The Labute approximate surface area is 161 Å². The van der Waals surface area contributed by atoms with Gasteiger partial charge in [-0.1, -0.05) is 50.6 Å². The summed E-state index contributed by atoms with van der Waals surface area (Å²) in [5.74, 6) is 5.14. The van der Waals surface area contributed by atoms with Crippen LogP contribution < -0.4 is 0 Å². The molecule has 0 unspecified atom stereocenters. The molecule has 0 spiro atoms. The van der Waals surface area contributed by atoms with Crippen molar-refractivity contribution in [1.29, 1.82) is 0 Å². The Morgan fingerprint density at radius 2 is 1.69 bits per heavy atom. The van der Waals surface area contributed by atoms with Crippen LogP contribution in [0.2, 0.25) is 0 Å². The van der Waals surface area contributed by atoms with E-state index in [2.05, 4.69) is 44.2 Å². The van der Waals surface area contributed by atoms with Crippen molar-refractivity contribution in [2.45, 2.75) is 84.5 Å². The molecule has 0 N–H and O–H groups in total. The van der Waals surface area contributed by atoms with Gasteiger partial charge in [0, 0.05) is 0 Å². The van der Waals surface area contributed by atoms with Crippen LogP contribution >= 0.6 is 0 Å². The van der Waals surface area contributed by atoms with Crippen LogP contribution in [0.3, 0.4) is 0 Å². The second-order valence-electron chi connectivity index (χ2n) is 11.1. The average Bonchev–Trinajstić information content (AvgIpc) is 3.05. The third-order valence-electron chi connectivity index (χ3n) is 9.92. The number of hydrogen-bond acceptors (Lipinski definition) is 0. The summed E-state index contributed by atoms with van der Waals surface area (Å²) in [4.78, 5) is 0. The van der Waals surface area contributed by atoms with Gasteiger partial charge in [0.25, 0.3) is 0 Å². The molecule has 1 aromatic carbocycles. The van der Waals surface area contributed by atoms with Crippen LogP contribution in [0.25, 0.3) is 0 Å². The van der Waals surface area contributed by atoms with E-state index in [0.29, 0.717) is 5.41 Å². The van der Waals surface area contributed by atoms with Crippen molar-refractivity contribution in [3.8, 4) is 0 Å². The summed E-state index contributed by atoms with van der Waals surface area (Å²) in [5, 5.41) is 0. The molecule has 0 amide bonds. The van der Waals surface area contributed by atoms with E-state index in [0.717, 1.165) is 35.0 Å². The summed E-state index contributed by atoms with van der Waals surface area (Å²) in [6.45, 7) is 5.37. The van der Waals surface area contributed by atoms with Gasteiger partial charge in [-0.25, -0.2) is 0 Å². The maximum absolute atomic E-state index is 2.73. The van der Waals surface area contributed by atoms with Crippen molar-refractivity contribution in [3.63, 3.8) is 0 Å². The first-order valence-corrected chi connectivity index (χ1v) is 11.6. The minimum Gasteiger partial charge on any atom is -0.0622 e. The lowest BCUT2D eigenvalue weighted by molar-refractivity contribution is -0.111. The standard InChI is InChI=1S/C26H38/c1-25-14-6-9-23(25)22-11-10-21-18-20(17-19-7-4-3-5-8-19)12-16-26(21,2)24(22)13-15-25/h3-5,7-8,20-24H,6,9-18H2,1-2H3/t20-,21+,22+,23-,24+,25+,26+/m1/s1. The van der Waals surface area contributed by atoms with E-state index in [9.17, 15) is 0 Å². The Kier molecular flexibility index (Phi) is 4.26. The van der Waals surface area contributed by atoms with Crippen LogP contribution in [-0.2, 0) is 6.42 Å². The smallest absolute Gasteiger partial charge is 0.0250 e. The summed E-state index contributed by atoms with van der Waals surface area (Å²) in [6.07, 6.45) is 16.6. The Morgan fingerprint density at radius 1 is 0.846 bits per heavy atom. The Hall–Kier alpha value is -0.780. The molecule has 0 radical (unpaired) electrons.